The van der Waals surface area contributed by atoms with Crippen LogP contribution < -0.4 is 5.32 Å². The van der Waals surface area contributed by atoms with Gasteiger partial charge in [0.1, 0.15) is 0 Å². The molecule has 2 rings (SSSR count). The molecule has 0 radical (unpaired) electrons. The van der Waals surface area contributed by atoms with Crippen LogP contribution in [0.2, 0.25) is 0 Å². The van der Waals surface area contributed by atoms with Crippen molar-refractivity contribution in [2.24, 2.45) is 0 Å². The molecule has 0 aliphatic rings. The number of thiophene rings is 1. The molecule has 1 N–H and O–H groups in total. The molecule has 0 bridgehead atoms. The molecule has 0 unspecified atom stereocenters. The molecule has 0 aromatic carbocycles. The van der Waals surface area contributed by atoms with E-state index in [4.69, 9.17) is 0 Å². The first-order valence-electron chi connectivity index (χ1n) is 6.75. The van der Waals surface area contributed by atoms with Gasteiger partial charge in [0, 0.05) is 17.5 Å². The molecule has 2 aromatic heterocycles. The molecule has 2 aromatic rings. The van der Waals surface area contributed by atoms with Crippen LogP contribution in [0.5, 0.6) is 0 Å². The van der Waals surface area contributed by atoms with E-state index in [0.29, 0.717) is 6.42 Å². The van der Waals surface area contributed by atoms with Crippen LogP contribution in [0.3, 0.4) is 0 Å². The second kappa shape index (κ2) is 6.18. The summed E-state index contributed by atoms with van der Waals surface area (Å²) in [5.74, 6) is 0.302. The fourth-order valence-electron chi connectivity index (χ4n) is 2.15. The average Bonchev–Trinajstić information content (AvgIpc) is 2.93. The Morgan fingerprint density at radius 2 is 2.15 bits per heavy atom. The maximum absolute atomic E-state index is 12.2. The van der Waals surface area contributed by atoms with Gasteiger partial charge in [-0.2, -0.15) is 0 Å². The highest BCUT2D eigenvalue weighted by molar-refractivity contribution is 7.10. The summed E-state index contributed by atoms with van der Waals surface area (Å²) in [6.45, 7) is 6.03. The highest BCUT2D eigenvalue weighted by Gasteiger charge is 2.25. The molecule has 3 nitrogen and oxygen atoms in total. The van der Waals surface area contributed by atoms with Gasteiger partial charge in [0.15, 0.2) is 0 Å². The zero-order chi connectivity index (χ0) is 14.6. The summed E-state index contributed by atoms with van der Waals surface area (Å²) < 4.78 is 0. The quantitative estimate of drug-likeness (QED) is 0.911. The molecule has 0 aliphatic carbocycles. The van der Waals surface area contributed by atoms with Crippen molar-refractivity contribution in [2.75, 3.05) is 0 Å². The molecule has 4 heteroatoms. The molecule has 0 saturated heterocycles. The largest absolute Gasteiger partial charge is 0.346 e. The van der Waals surface area contributed by atoms with Gasteiger partial charge in [0.2, 0.25) is 5.91 Å². The van der Waals surface area contributed by atoms with Crippen molar-refractivity contribution in [3.63, 3.8) is 0 Å². The number of nitrogens with zero attached hydrogens (tertiary/aromatic N) is 1. The zero-order valence-electron chi connectivity index (χ0n) is 12.1. The van der Waals surface area contributed by atoms with Gasteiger partial charge in [-0.3, -0.25) is 9.78 Å². The minimum atomic E-state index is -0.451. The lowest BCUT2D eigenvalue weighted by molar-refractivity contribution is -0.123. The van der Waals surface area contributed by atoms with Gasteiger partial charge in [-0.1, -0.05) is 19.1 Å². The summed E-state index contributed by atoms with van der Waals surface area (Å²) in [4.78, 5) is 17.8. The first kappa shape index (κ1) is 14.7. The summed E-state index contributed by atoms with van der Waals surface area (Å²) in [7, 11) is 0. The number of hydrogen-bond acceptors (Lipinski definition) is 3. The van der Waals surface area contributed by atoms with Gasteiger partial charge in [-0.05, 0) is 43.3 Å². The lowest BCUT2D eigenvalue weighted by atomic mass is 9.98. The number of carbonyl (C=O) groups is 1. The molecule has 1 atom stereocenters. The van der Waals surface area contributed by atoms with Crippen LogP contribution in [0.15, 0.2) is 41.9 Å². The van der Waals surface area contributed by atoms with Crippen LogP contribution in [-0.2, 0) is 10.3 Å². The fraction of sp³-hybridized carbons (Fsp3) is 0.375. The van der Waals surface area contributed by atoms with Gasteiger partial charge < -0.3 is 5.32 Å². The van der Waals surface area contributed by atoms with Crippen LogP contribution in [0, 0.1) is 0 Å². The third kappa shape index (κ3) is 3.67. The van der Waals surface area contributed by atoms with Crippen LogP contribution in [0.1, 0.15) is 43.7 Å². The Hall–Kier alpha value is -1.68. The van der Waals surface area contributed by atoms with Crippen LogP contribution in [0.25, 0.3) is 0 Å². The van der Waals surface area contributed by atoms with E-state index in [0.717, 1.165) is 5.69 Å². The van der Waals surface area contributed by atoms with Crippen molar-refractivity contribution in [2.45, 2.75) is 38.6 Å². The third-order valence-corrected chi connectivity index (χ3v) is 4.38. The molecule has 0 aliphatic heterocycles. The molecule has 106 valence electrons. The first-order chi connectivity index (χ1) is 9.49. The third-order valence-electron chi connectivity index (χ3n) is 3.28. The molecule has 0 spiro atoms. The minimum absolute atomic E-state index is 0.0570. The van der Waals surface area contributed by atoms with Crippen molar-refractivity contribution in [1.82, 2.24) is 10.3 Å². The smallest absolute Gasteiger partial charge is 0.221 e. The van der Waals surface area contributed by atoms with E-state index < -0.39 is 5.54 Å². The highest BCUT2D eigenvalue weighted by Crippen LogP contribution is 2.24. The Bertz CT molecular complexity index is 549. The topological polar surface area (TPSA) is 42.0 Å². The van der Waals surface area contributed by atoms with E-state index in [1.54, 1.807) is 17.5 Å². The molecular formula is C16H20N2OS. The minimum Gasteiger partial charge on any atom is -0.346 e. The maximum Gasteiger partial charge on any atom is 0.221 e. The highest BCUT2D eigenvalue weighted by atomic mass is 32.1. The Labute approximate surface area is 124 Å². The molecular weight excluding hydrogens is 268 g/mol. The predicted octanol–water partition coefficient (Wildman–Crippen LogP) is 3.69. The average molecular weight is 288 g/mol. The van der Waals surface area contributed by atoms with Crippen molar-refractivity contribution < 1.29 is 4.79 Å². The Morgan fingerprint density at radius 1 is 1.35 bits per heavy atom. The van der Waals surface area contributed by atoms with E-state index >= 15 is 0 Å². The number of carbonyl (C=O) groups excluding carboxylic acids is 1. The summed E-state index contributed by atoms with van der Waals surface area (Å²) in [5.41, 5.74) is 0.421. The van der Waals surface area contributed by atoms with Crippen LogP contribution in [0.4, 0.5) is 0 Å². The summed E-state index contributed by atoms with van der Waals surface area (Å²) in [6, 6.07) is 9.84. The number of aromatic nitrogens is 1. The van der Waals surface area contributed by atoms with Crippen molar-refractivity contribution in [3.8, 4) is 0 Å². The summed E-state index contributed by atoms with van der Waals surface area (Å²) in [5, 5.41) is 5.11. The number of pyridine rings is 1. The van der Waals surface area contributed by atoms with Crippen molar-refractivity contribution >= 4 is 17.2 Å². The normalized spacial score (nSPS) is 12.9. The number of rotatable bonds is 5. The van der Waals surface area contributed by atoms with Gasteiger partial charge in [0.25, 0.3) is 0 Å². The Kier molecular flexibility index (Phi) is 4.55. The van der Waals surface area contributed by atoms with E-state index in [1.807, 2.05) is 43.5 Å². The van der Waals surface area contributed by atoms with Gasteiger partial charge in [-0.15, -0.1) is 11.3 Å². The Balaban J connectivity index is 1.97. The molecule has 1 amide bonds. The van der Waals surface area contributed by atoms with Crippen molar-refractivity contribution in [3.05, 3.63) is 52.5 Å². The lowest BCUT2D eigenvalue weighted by Gasteiger charge is -2.26. The van der Waals surface area contributed by atoms with Crippen LogP contribution >= 0.6 is 11.3 Å². The second-order valence-electron chi connectivity index (χ2n) is 5.51. The molecule has 0 saturated carbocycles. The van der Waals surface area contributed by atoms with E-state index in [9.17, 15) is 4.79 Å². The molecule has 20 heavy (non-hydrogen) atoms. The number of nitrogens with one attached hydrogen (secondary N) is 1. The zero-order valence-corrected chi connectivity index (χ0v) is 12.9. The number of amides is 1. The van der Waals surface area contributed by atoms with Gasteiger partial charge in [0.05, 0.1) is 11.2 Å². The standard InChI is InChI=1S/C16H20N2OS/c1-12(13-7-6-10-20-13)11-15(19)18-16(2,3)14-8-4-5-9-17-14/h4-10,12H,11H2,1-3H3,(H,18,19)/t12-/m0/s1. The predicted molar refractivity (Wildman–Crippen MR) is 82.8 cm³/mol. The second-order valence-corrected chi connectivity index (χ2v) is 6.49. The van der Waals surface area contributed by atoms with Crippen molar-refractivity contribution in [1.29, 1.82) is 0 Å². The SMILES string of the molecule is C[C@@H](CC(=O)NC(C)(C)c1ccccn1)c1cccs1. The summed E-state index contributed by atoms with van der Waals surface area (Å²) in [6.07, 6.45) is 2.24. The fourth-order valence-corrected chi connectivity index (χ4v) is 2.93. The molecule has 2 heterocycles. The maximum atomic E-state index is 12.2. The number of hydrogen-bond donors (Lipinski definition) is 1. The van der Waals surface area contributed by atoms with E-state index in [-0.39, 0.29) is 11.8 Å². The van der Waals surface area contributed by atoms with Gasteiger partial charge in [-0.25, -0.2) is 0 Å². The monoisotopic (exact) mass is 288 g/mol. The molecule has 0 fully saturated rings. The van der Waals surface area contributed by atoms with E-state index in [2.05, 4.69) is 23.3 Å². The Morgan fingerprint density at radius 3 is 2.75 bits per heavy atom. The lowest BCUT2D eigenvalue weighted by Crippen LogP contribution is -2.41. The van der Waals surface area contributed by atoms with Gasteiger partial charge >= 0.3 is 0 Å². The van der Waals surface area contributed by atoms with Crippen LogP contribution in [-0.4, -0.2) is 10.9 Å². The summed E-state index contributed by atoms with van der Waals surface area (Å²) >= 11 is 1.70. The first-order valence-corrected chi connectivity index (χ1v) is 7.63. The van der Waals surface area contributed by atoms with E-state index in [1.165, 1.54) is 4.88 Å².